The normalized spacial score (nSPS) is 12.2. The largest absolute Gasteiger partial charge is 0.455 e. The Bertz CT molecular complexity index is 3750. The zero-order valence-corrected chi connectivity index (χ0v) is 32.2. The smallest absolute Gasteiger partial charge is 0.153 e. The van der Waals surface area contributed by atoms with Crippen LogP contribution in [0, 0.1) is 0 Å². The predicted molar refractivity (Wildman–Crippen MR) is 248 cm³/mol. The maximum absolute atomic E-state index is 6.42. The van der Waals surface area contributed by atoms with Gasteiger partial charge in [0.05, 0.1) is 4.70 Å². The van der Waals surface area contributed by atoms with Crippen molar-refractivity contribution in [2.75, 3.05) is 0 Å². The van der Waals surface area contributed by atoms with Gasteiger partial charge in [0.25, 0.3) is 0 Å². The van der Waals surface area contributed by atoms with Crippen molar-refractivity contribution in [3.05, 3.63) is 182 Å². The molecule has 13 aromatic rings. The molecule has 10 aromatic carbocycles. The fourth-order valence-corrected chi connectivity index (χ4v) is 11.7. The van der Waals surface area contributed by atoms with Crippen LogP contribution in [-0.4, -0.2) is 0 Å². The monoisotopic (exact) mass is 758 g/mol. The van der Waals surface area contributed by atoms with Crippen molar-refractivity contribution in [2.45, 2.75) is 0 Å². The van der Waals surface area contributed by atoms with Crippen molar-refractivity contribution < 1.29 is 4.42 Å². The molecule has 0 N–H and O–H groups in total. The number of hydrogen-bond donors (Lipinski definition) is 0. The molecule has 264 valence electrons. The van der Waals surface area contributed by atoms with Crippen LogP contribution in [0.15, 0.2) is 186 Å². The molecular formula is C54H30OS2. The standard InChI is InChI=1S/C54H30OS2/c1-2-10-31(11-3-1)51-39-13-4-6-15-41(39)52(42-16-7-5-14-40(42)51)35-20-22-38-45-27-33(21-25-48(45)56-49(38)29-35)32-18-19-34-28-46-44-24-23-43-37-12-8-9-17-47(37)55-53(43)54(44)57-50(46)30-36(34)26-32/h1-30H. The van der Waals surface area contributed by atoms with E-state index in [2.05, 4.69) is 176 Å². The summed E-state index contributed by atoms with van der Waals surface area (Å²) >= 11 is 3.72. The molecule has 3 aromatic heterocycles. The molecule has 0 amide bonds. The molecule has 1 nitrogen and oxygen atoms in total. The first-order valence-corrected chi connectivity index (χ1v) is 21.0. The molecule has 13 rings (SSSR count). The van der Waals surface area contributed by atoms with Gasteiger partial charge in [0.1, 0.15) is 5.58 Å². The minimum atomic E-state index is 0.944. The van der Waals surface area contributed by atoms with Crippen LogP contribution in [0.3, 0.4) is 0 Å². The Labute approximate surface area is 335 Å². The molecular weight excluding hydrogens is 729 g/mol. The molecule has 0 spiro atoms. The molecule has 0 saturated heterocycles. The van der Waals surface area contributed by atoms with E-state index in [1.165, 1.54) is 117 Å². The summed E-state index contributed by atoms with van der Waals surface area (Å²) in [5.74, 6) is 0. The number of rotatable bonds is 3. The van der Waals surface area contributed by atoms with E-state index in [1.807, 2.05) is 28.7 Å². The summed E-state index contributed by atoms with van der Waals surface area (Å²) in [5.41, 5.74) is 9.50. The Morgan fingerprint density at radius 1 is 0.298 bits per heavy atom. The minimum Gasteiger partial charge on any atom is -0.455 e. The summed E-state index contributed by atoms with van der Waals surface area (Å²) in [5, 5.41) is 15.2. The van der Waals surface area contributed by atoms with Crippen LogP contribution in [0.2, 0.25) is 0 Å². The Morgan fingerprint density at radius 3 is 1.68 bits per heavy atom. The average molecular weight is 759 g/mol. The lowest BCUT2D eigenvalue weighted by molar-refractivity contribution is 0.673. The lowest BCUT2D eigenvalue weighted by atomic mass is 9.86. The second kappa shape index (κ2) is 11.9. The summed E-state index contributed by atoms with van der Waals surface area (Å²) in [6.07, 6.45) is 0. The van der Waals surface area contributed by atoms with Crippen molar-refractivity contribution in [1.29, 1.82) is 0 Å². The van der Waals surface area contributed by atoms with E-state index in [9.17, 15) is 0 Å². The Morgan fingerprint density at radius 2 is 0.895 bits per heavy atom. The molecule has 0 fully saturated rings. The Kier molecular flexibility index (Phi) is 6.54. The van der Waals surface area contributed by atoms with E-state index >= 15 is 0 Å². The van der Waals surface area contributed by atoms with Gasteiger partial charge >= 0.3 is 0 Å². The van der Waals surface area contributed by atoms with Crippen LogP contribution in [0.25, 0.3) is 128 Å². The van der Waals surface area contributed by atoms with Gasteiger partial charge in [-0.1, -0.05) is 133 Å². The zero-order chi connectivity index (χ0) is 37.2. The Hall–Kier alpha value is -6.78. The molecule has 0 aliphatic heterocycles. The summed E-state index contributed by atoms with van der Waals surface area (Å²) in [6.45, 7) is 0. The highest BCUT2D eigenvalue weighted by molar-refractivity contribution is 7.26. The maximum atomic E-state index is 6.42. The van der Waals surface area contributed by atoms with Gasteiger partial charge in [-0.15, -0.1) is 22.7 Å². The van der Waals surface area contributed by atoms with E-state index in [0.29, 0.717) is 0 Å². The van der Waals surface area contributed by atoms with Crippen molar-refractivity contribution in [3.8, 4) is 33.4 Å². The highest BCUT2D eigenvalue weighted by Crippen LogP contribution is 2.47. The first kappa shape index (κ1) is 31.4. The van der Waals surface area contributed by atoms with Gasteiger partial charge < -0.3 is 4.42 Å². The molecule has 3 heterocycles. The number of thiophene rings is 2. The van der Waals surface area contributed by atoms with Crippen molar-refractivity contribution in [2.24, 2.45) is 0 Å². The lowest BCUT2D eigenvalue weighted by Gasteiger charge is -2.17. The number of benzene rings is 10. The quantitative estimate of drug-likeness (QED) is 0.164. The molecule has 0 unspecified atom stereocenters. The van der Waals surface area contributed by atoms with Crippen molar-refractivity contribution in [1.82, 2.24) is 0 Å². The third-order valence-electron chi connectivity index (χ3n) is 12.0. The minimum absolute atomic E-state index is 0.944. The van der Waals surface area contributed by atoms with Gasteiger partial charge in [-0.3, -0.25) is 0 Å². The molecule has 0 bridgehead atoms. The van der Waals surface area contributed by atoms with E-state index in [4.69, 9.17) is 4.42 Å². The van der Waals surface area contributed by atoms with Crippen LogP contribution < -0.4 is 0 Å². The summed E-state index contributed by atoms with van der Waals surface area (Å²) in [6, 6.07) is 67.2. The molecule has 0 aliphatic carbocycles. The van der Waals surface area contributed by atoms with E-state index in [0.717, 1.165) is 11.2 Å². The van der Waals surface area contributed by atoms with E-state index in [1.54, 1.807) is 0 Å². The third kappa shape index (κ3) is 4.61. The number of hydrogen-bond acceptors (Lipinski definition) is 3. The van der Waals surface area contributed by atoms with Crippen LogP contribution in [0.1, 0.15) is 0 Å². The molecule has 3 heteroatoms. The molecule has 0 atom stereocenters. The van der Waals surface area contributed by atoms with Crippen LogP contribution >= 0.6 is 22.7 Å². The van der Waals surface area contributed by atoms with Gasteiger partial charge in [0, 0.05) is 46.4 Å². The van der Waals surface area contributed by atoms with Gasteiger partial charge in [0.15, 0.2) is 5.58 Å². The molecule has 57 heavy (non-hydrogen) atoms. The van der Waals surface area contributed by atoms with Gasteiger partial charge in [-0.2, -0.15) is 0 Å². The van der Waals surface area contributed by atoms with Crippen molar-refractivity contribution in [3.63, 3.8) is 0 Å². The summed E-state index contributed by atoms with van der Waals surface area (Å²) < 4.78 is 11.5. The number of furan rings is 1. The second-order valence-electron chi connectivity index (χ2n) is 15.2. The average Bonchev–Trinajstić information content (AvgIpc) is 3.95. The summed E-state index contributed by atoms with van der Waals surface area (Å²) in [4.78, 5) is 0. The highest BCUT2D eigenvalue weighted by Gasteiger charge is 2.19. The molecule has 0 radical (unpaired) electrons. The highest BCUT2D eigenvalue weighted by atomic mass is 32.1. The van der Waals surface area contributed by atoms with Crippen LogP contribution in [0.4, 0.5) is 0 Å². The number of fused-ring (bicyclic) bond motifs is 13. The number of para-hydroxylation sites is 1. The second-order valence-corrected chi connectivity index (χ2v) is 17.3. The van der Waals surface area contributed by atoms with E-state index in [-0.39, 0.29) is 0 Å². The van der Waals surface area contributed by atoms with E-state index < -0.39 is 0 Å². The van der Waals surface area contributed by atoms with Crippen molar-refractivity contribution >= 4 is 117 Å². The SMILES string of the molecule is c1ccc(-c2c3ccccc3c(-c3ccc4c(c3)sc3ccc(-c5ccc6cc7c(cc6c5)sc5c7ccc6c7ccccc7oc65)cc34)c3ccccc23)cc1. The first-order chi connectivity index (χ1) is 28.2. The predicted octanol–water partition coefficient (Wildman–Crippen LogP) is 16.8. The molecule has 0 aliphatic rings. The summed E-state index contributed by atoms with van der Waals surface area (Å²) in [7, 11) is 0. The molecule has 0 saturated carbocycles. The fraction of sp³-hybridized carbons (Fsp3) is 0. The third-order valence-corrected chi connectivity index (χ3v) is 14.3. The maximum Gasteiger partial charge on any atom is 0.153 e. The Balaban J connectivity index is 0.930. The topological polar surface area (TPSA) is 13.1 Å². The van der Waals surface area contributed by atoms with Crippen LogP contribution in [0.5, 0.6) is 0 Å². The fourth-order valence-electron chi connectivity index (χ4n) is 9.41. The van der Waals surface area contributed by atoms with Crippen LogP contribution in [-0.2, 0) is 0 Å². The lowest BCUT2D eigenvalue weighted by Crippen LogP contribution is -1.90. The first-order valence-electron chi connectivity index (χ1n) is 19.4. The van der Waals surface area contributed by atoms with Gasteiger partial charge in [-0.25, -0.2) is 0 Å². The van der Waals surface area contributed by atoms with Gasteiger partial charge in [0.2, 0.25) is 0 Å². The zero-order valence-electron chi connectivity index (χ0n) is 30.5. The van der Waals surface area contributed by atoms with Gasteiger partial charge in [-0.05, 0) is 114 Å².